The SMILES string of the molecule is CCCCCc1c(-c2ccc3c(Br)c(OCC(=O)OC)ccc3c2)[nH]c2ccccc12. The molecule has 1 heterocycles. The van der Waals surface area contributed by atoms with Crippen molar-refractivity contribution in [1.82, 2.24) is 4.98 Å². The topological polar surface area (TPSA) is 51.3 Å². The highest BCUT2D eigenvalue weighted by atomic mass is 79.9. The summed E-state index contributed by atoms with van der Waals surface area (Å²) < 4.78 is 11.1. The number of carbonyl (C=O) groups is 1. The fraction of sp³-hybridized carbons (Fsp3) is 0.269. The van der Waals surface area contributed by atoms with Gasteiger partial charge in [0.1, 0.15) is 5.75 Å². The molecule has 31 heavy (non-hydrogen) atoms. The number of carbonyl (C=O) groups excluding carboxylic acids is 1. The maximum absolute atomic E-state index is 11.4. The van der Waals surface area contributed by atoms with Crippen molar-refractivity contribution in [3.63, 3.8) is 0 Å². The van der Waals surface area contributed by atoms with E-state index in [9.17, 15) is 4.79 Å². The maximum Gasteiger partial charge on any atom is 0.343 e. The average Bonchev–Trinajstić information content (AvgIpc) is 3.17. The molecule has 0 atom stereocenters. The number of H-pyrrole nitrogens is 1. The molecule has 0 fully saturated rings. The number of hydrogen-bond acceptors (Lipinski definition) is 3. The number of esters is 1. The van der Waals surface area contributed by atoms with Crippen molar-refractivity contribution in [3.8, 4) is 17.0 Å². The first-order valence-electron chi connectivity index (χ1n) is 10.6. The Morgan fingerprint density at radius 2 is 1.87 bits per heavy atom. The van der Waals surface area contributed by atoms with Crippen LogP contribution in [0.1, 0.15) is 31.7 Å². The Morgan fingerprint density at radius 3 is 2.68 bits per heavy atom. The van der Waals surface area contributed by atoms with Gasteiger partial charge in [0.15, 0.2) is 6.61 Å². The van der Waals surface area contributed by atoms with Gasteiger partial charge >= 0.3 is 5.97 Å². The number of para-hydroxylation sites is 1. The van der Waals surface area contributed by atoms with Crippen molar-refractivity contribution >= 4 is 43.6 Å². The van der Waals surface area contributed by atoms with E-state index in [0.717, 1.165) is 21.7 Å². The molecule has 0 radical (unpaired) electrons. The Bertz CT molecular complexity index is 1230. The van der Waals surface area contributed by atoms with Crippen LogP contribution < -0.4 is 4.74 Å². The number of aromatic nitrogens is 1. The fourth-order valence-corrected chi connectivity index (χ4v) is 4.60. The van der Waals surface area contributed by atoms with Crippen molar-refractivity contribution in [2.75, 3.05) is 13.7 Å². The normalized spacial score (nSPS) is 11.2. The van der Waals surface area contributed by atoms with Crippen LogP contribution in [0.15, 0.2) is 59.1 Å². The Balaban J connectivity index is 1.72. The number of halogens is 1. The van der Waals surface area contributed by atoms with E-state index in [4.69, 9.17) is 4.74 Å². The predicted octanol–water partition coefficient (Wildman–Crippen LogP) is 7.04. The summed E-state index contributed by atoms with van der Waals surface area (Å²) in [7, 11) is 1.35. The minimum atomic E-state index is -0.406. The van der Waals surface area contributed by atoms with Crippen molar-refractivity contribution < 1.29 is 14.3 Å². The van der Waals surface area contributed by atoms with E-state index in [1.165, 1.54) is 54.1 Å². The third-order valence-electron chi connectivity index (χ3n) is 5.62. The lowest BCUT2D eigenvalue weighted by molar-refractivity contribution is -0.142. The van der Waals surface area contributed by atoms with Crippen LogP contribution in [0.25, 0.3) is 32.9 Å². The van der Waals surface area contributed by atoms with Gasteiger partial charge < -0.3 is 14.5 Å². The molecule has 5 heteroatoms. The first-order valence-corrected chi connectivity index (χ1v) is 11.4. The Hall–Kier alpha value is -2.79. The Labute approximate surface area is 190 Å². The molecule has 160 valence electrons. The highest BCUT2D eigenvalue weighted by Crippen LogP contribution is 2.37. The van der Waals surface area contributed by atoms with Crippen LogP contribution in [-0.4, -0.2) is 24.7 Å². The number of aromatic amines is 1. The molecule has 0 aliphatic rings. The second-order valence-electron chi connectivity index (χ2n) is 7.66. The molecule has 0 amide bonds. The monoisotopic (exact) mass is 479 g/mol. The van der Waals surface area contributed by atoms with Crippen molar-refractivity contribution in [2.45, 2.75) is 32.6 Å². The summed E-state index contributed by atoms with van der Waals surface area (Å²) in [6.45, 7) is 2.12. The third-order valence-corrected chi connectivity index (χ3v) is 6.44. The lowest BCUT2D eigenvalue weighted by atomic mass is 9.98. The summed E-state index contributed by atoms with van der Waals surface area (Å²) in [5.41, 5.74) is 4.93. The largest absolute Gasteiger partial charge is 0.481 e. The van der Waals surface area contributed by atoms with Gasteiger partial charge in [-0.2, -0.15) is 0 Å². The molecule has 4 aromatic rings. The first kappa shape index (κ1) is 21.4. The molecule has 3 aromatic carbocycles. The second kappa shape index (κ2) is 9.56. The zero-order valence-electron chi connectivity index (χ0n) is 17.8. The van der Waals surface area contributed by atoms with Gasteiger partial charge in [0.25, 0.3) is 0 Å². The highest BCUT2D eigenvalue weighted by molar-refractivity contribution is 9.10. The van der Waals surface area contributed by atoms with Gasteiger partial charge in [0, 0.05) is 16.6 Å². The number of benzene rings is 3. The second-order valence-corrected chi connectivity index (χ2v) is 8.45. The number of methoxy groups -OCH3 is 1. The van der Waals surface area contributed by atoms with Crippen molar-refractivity contribution in [3.05, 3.63) is 64.6 Å². The minimum Gasteiger partial charge on any atom is -0.481 e. The molecule has 0 aliphatic heterocycles. The van der Waals surface area contributed by atoms with Crippen LogP contribution >= 0.6 is 15.9 Å². The molecule has 0 bridgehead atoms. The molecule has 0 spiro atoms. The molecule has 0 unspecified atom stereocenters. The summed E-state index contributed by atoms with van der Waals surface area (Å²) >= 11 is 3.63. The van der Waals surface area contributed by atoms with Crippen LogP contribution in [0, 0.1) is 0 Å². The summed E-state index contributed by atoms with van der Waals surface area (Å²) in [6.07, 6.45) is 4.70. The predicted molar refractivity (Wildman–Crippen MR) is 130 cm³/mol. The van der Waals surface area contributed by atoms with Crippen LogP contribution in [0.3, 0.4) is 0 Å². The summed E-state index contributed by atoms with van der Waals surface area (Å²) in [5, 5.41) is 3.45. The Morgan fingerprint density at radius 1 is 1.03 bits per heavy atom. The van der Waals surface area contributed by atoms with Gasteiger partial charge in [-0.15, -0.1) is 0 Å². The molecule has 1 aromatic heterocycles. The lowest BCUT2D eigenvalue weighted by Gasteiger charge is -2.11. The molecule has 4 nitrogen and oxygen atoms in total. The quantitative estimate of drug-likeness (QED) is 0.218. The first-order chi connectivity index (χ1) is 15.1. The van der Waals surface area contributed by atoms with E-state index in [-0.39, 0.29) is 6.61 Å². The number of aryl methyl sites for hydroxylation is 1. The number of hydrogen-bond donors (Lipinski definition) is 1. The lowest BCUT2D eigenvalue weighted by Crippen LogP contribution is -2.12. The van der Waals surface area contributed by atoms with Gasteiger partial charge in [-0.1, -0.05) is 56.2 Å². The fourth-order valence-electron chi connectivity index (χ4n) is 3.99. The zero-order chi connectivity index (χ0) is 21.8. The van der Waals surface area contributed by atoms with Crippen LogP contribution in [0.4, 0.5) is 0 Å². The average molecular weight is 480 g/mol. The van der Waals surface area contributed by atoms with Gasteiger partial charge in [-0.3, -0.25) is 0 Å². The maximum atomic E-state index is 11.4. The van der Waals surface area contributed by atoms with Gasteiger partial charge in [-0.25, -0.2) is 4.79 Å². The van der Waals surface area contributed by atoms with E-state index >= 15 is 0 Å². The molecular weight excluding hydrogens is 454 g/mol. The van der Waals surface area contributed by atoms with E-state index in [2.05, 4.69) is 75.0 Å². The minimum absolute atomic E-state index is 0.116. The number of rotatable bonds is 8. The molecule has 1 N–H and O–H groups in total. The zero-order valence-corrected chi connectivity index (χ0v) is 19.4. The van der Waals surface area contributed by atoms with E-state index in [1.54, 1.807) is 0 Å². The van der Waals surface area contributed by atoms with Crippen LogP contribution in [0.5, 0.6) is 5.75 Å². The number of unbranched alkanes of at least 4 members (excludes halogenated alkanes) is 2. The van der Waals surface area contributed by atoms with Crippen molar-refractivity contribution in [2.24, 2.45) is 0 Å². The third kappa shape index (κ3) is 4.47. The van der Waals surface area contributed by atoms with E-state index < -0.39 is 5.97 Å². The number of fused-ring (bicyclic) bond motifs is 2. The highest BCUT2D eigenvalue weighted by Gasteiger charge is 2.15. The van der Waals surface area contributed by atoms with E-state index in [0.29, 0.717) is 5.75 Å². The van der Waals surface area contributed by atoms with Gasteiger partial charge in [-0.05, 0) is 68.9 Å². The smallest absolute Gasteiger partial charge is 0.343 e. The van der Waals surface area contributed by atoms with Crippen LogP contribution in [0.2, 0.25) is 0 Å². The Kier molecular flexibility index (Phi) is 6.62. The van der Waals surface area contributed by atoms with Gasteiger partial charge in [0.05, 0.1) is 11.6 Å². The van der Waals surface area contributed by atoms with Crippen LogP contribution in [-0.2, 0) is 16.0 Å². The van der Waals surface area contributed by atoms with Gasteiger partial charge in [0.2, 0.25) is 0 Å². The summed E-state index contributed by atoms with van der Waals surface area (Å²) in [4.78, 5) is 15.0. The molecule has 0 saturated heterocycles. The summed E-state index contributed by atoms with van der Waals surface area (Å²) in [6, 6.07) is 18.9. The molecule has 0 saturated carbocycles. The molecular formula is C26H26BrNO3. The number of ether oxygens (including phenoxy) is 2. The number of nitrogens with one attached hydrogen (secondary N) is 1. The van der Waals surface area contributed by atoms with Crippen molar-refractivity contribution in [1.29, 1.82) is 0 Å². The molecule has 0 aliphatic carbocycles. The standard InChI is InChI=1S/C26H26BrNO3/c1-3-4-5-9-21-20-8-6-7-10-22(20)28-26(21)18-11-13-19-17(15-18)12-14-23(25(19)27)31-16-24(29)30-2/h6-8,10-15,28H,3-5,9,16H2,1-2H3. The summed E-state index contributed by atoms with van der Waals surface area (Å²) in [5.74, 6) is 0.216. The molecule has 4 rings (SSSR count). The van der Waals surface area contributed by atoms with E-state index in [1.807, 2.05) is 12.1 Å².